The van der Waals surface area contributed by atoms with Crippen molar-refractivity contribution in [2.75, 3.05) is 12.3 Å². The molecule has 1 aromatic heterocycles. The number of nitrogens with one attached hydrogen (secondary N) is 1. The second-order valence-corrected chi connectivity index (χ2v) is 5.10. The van der Waals surface area contributed by atoms with E-state index in [4.69, 9.17) is 5.73 Å². The van der Waals surface area contributed by atoms with Crippen molar-refractivity contribution in [2.45, 2.75) is 50.6 Å². The summed E-state index contributed by atoms with van der Waals surface area (Å²) in [6, 6.07) is 2.63. The van der Waals surface area contributed by atoms with Gasteiger partial charge in [0.1, 0.15) is 5.82 Å². The number of rotatable bonds is 3. The molecule has 0 aromatic carbocycles. The summed E-state index contributed by atoms with van der Waals surface area (Å²) in [4.78, 5) is 0. The highest BCUT2D eigenvalue weighted by atomic mass is 15.3. The van der Waals surface area contributed by atoms with Crippen LogP contribution >= 0.6 is 0 Å². The lowest BCUT2D eigenvalue weighted by Crippen LogP contribution is -2.27. The Bertz CT molecular complexity index is 361. The van der Waals surface area contributed by atoms with Crippen LogP contribution in [0.2, 0.25) is 0 Å². The third-order valence-corrected chi connectivity index (χ3v) is 3.91. The molecule has 0 bridgehead atoms. The van der Waals surface area contributed by atoms with E-state index in [9.17, 15) is 0 Å². The average molecular weight is 220 g/mol. The first-order valence-electron chi connectivity index (χ1n) is 6.39. The van der Waals surface area contributed by atoms with E-state index in [-0.39, 0.29) is 0 Å². The van der Waals surface area contributed by atoms with Gasteiger partial charge in [-0.2, -0.15) is 5.10 Å². The second-order valence-electron chi connectivity index (χ2n) is 5.10. The third-order valence-electron chi connectivity index (χ3n) is 3.91. The quantitative estimate of drug-likeness (QED) is 0.811. The van der Waals surface area contributed by atoms with Gasteiger partial charge in [-0.15, -0.1) is 0 Å². The molecule has 2 aliphatic rings. The molecule has 4 nitrogen and oxygen atoms in total. The van der Waals surface area contributed by atoms with Crippen molar-refractivity contribution in [1.82, 2.24) is 15.1 Å². The van der Waals surface area contributed by atoms with E-state index < -0.39 is 0 Å². The van der Waals surface area contributed by atoms with Crippen LogP contribution in [-0.4, -0.2) is 22.4 Å². The lowest BCUT2D eigenvalue weighted by Gasteiger charge is -2.22. The Hall–Kier alpha value is -1.03. The number of nitrogens with zero attached hydrogens (tertiary/aromatic N) is 2. The molecular formula is C12H20N4. The zero-order valence-corrected chi connectivity index (χ0v) is 9.65. The molecule has 0 spiro atoms. The van der Waals surface area contributed by atoms with Gasteiger partial charge in [0.15, 0.2) is 0 Å². The minimum atomic E-state index is 0.566. The van der Waals surface area contributed by atoms with Gasteiger partial charge in [0.05, 0.1) is 12.2 Å². The largest absolute Gasteiger partial charge is 0.384 e. The smallest absolute Gasteiger partial charge is 0.121 e. The number of nitrogen functional groups attached to an aromatic ring is 1. The molecule has 1 aliphatic heterocycles. The van der Waals surface area contributed by atoms with Crippen LogP contribution in [0.25, 0.3) is 0 Å². The van der Waals surface area contributed by atoms with Crippen LogP contribution in [0, 0.1) is 0 Å². The number of hydrogen-bond donors (Lipinski definition) is 2. The molecule has 1 atom stereocenters. The van der Waals surface area contributed by atoms with Gasteiger partial charge >= 0.3 is 0 Å². The molecule has 88 valence electrons. The predicted molar refractivity (Wildman–Crippen MR) is 64.3 cm³/mol. The fourth-order valence-corrected chi connectivity index (χ4v) is 2.62. The number of hydrogen-bond acceptors (Lipinski definition) is 3. The van der Waals surface area contributed by atoms with Crippen LogP contribution in [0.4, 0.5) is 5.82 Å². The van der Waals surface area contributed by atoms with Crippen molar-refractivity contribution in [3.63, 3.8) is 0 Å². The fourth-order valence-electron chi connectivity index (χ4n) is 2.62. The van der Waals surface area contributed by atoms with E-state index in [1.807, 2.05) is 4.68 Å². The first kappa shape index (κ1) is 10.1. The maximum absolute atomic E-state index is 6.01. The Balaban J connectivity index is 1.70. The van der Waals surface area contributed by atoms with Crippen molar-refractivity contribution in [3.8, 4) is 0 Å². The summed E-state index contributed by atoms with van der Waals surface area (Å²) in [5.74, 6) is 1.51. The van der Waals surface area contributed by atoms with E-state index >= 15 is 0 Å². The lowest BCUT2D eigenvalue weighted by molar-refractivity contribution is 0.400. The molecule has 1 saturated carbocycles. The molecule has 3 rings (SSSR count). The Morgan fingerprint density at radius 3 is 2.88 bits per heavy atom. The van der Waals surface area contributed by atoms with Crippen LogP contribution in [0.5, 0.6) is 0 Å². The Labute approximate surface area is 96.2 Å². The SMILES string of the molecule is Nc1cc(C2CCC2)nn1CC1CCCN1. The summed E-state index contributed by atoms with van der Waals surface area (Å²) in [7, 11) is 0. The molecule has 2 heterocycles. The monoisotopic (exact) mass is 220 g/mol. The van der Waals surface area contributed by atoms with Gasteiger partial charge in [-0.05, 0) is 32.2 Å². The van der Waals surface area contributed by atoms with E-state index in [0.717, 1.165) is 18.9 Å². The zero-order valence-electron chi connectivity index (χ0n) is 9.65. The fraction of sp³-hybridized carbons (Fsp3) is 0.750. The van der Waals surface area contributed by atoms with Crippen molar-refractivity contribution in [3.05, 3.63) is 11.8 Å². The van der Waals surface area contributed by atoms with Gasteiger partial charge in [-0.3, -0.25) is 0 Å². The molecule has 1 unspecified atom stereocenters. The van der Waals surface area contributed by atoms with Crippen molar-refractivity contribution < 1.29 is 0 Å². The average Bonchev–Trinajstić information content (AvgIpc) is 2.76. The second kappa shape index (κ2) is 4.09. The summed E-state index contributed by atoms with van der Waals surface area (Å²) in [6.07, 6.45) is 6.46. The van der Waals surface area contributed by atoms with Crippen molar-refractivity contribution >= 4 is 5.82 Å². The maximum atomic E-state index is 6.01. The normalized spacial score (nSPS) is 25.9. The van der Waals surface area contributed by atoms with Gasteiger partial charge in [0.2, 0.25) is 0 Å². The summed E-state index contributed by atoms with van der Waals surface area (Å²) >= 11 is 0. The summed E-state index contributed by atoms with van der Waals surface area (Å²) in [5.41, 5.74) is 7.22. The minimum absolute atomic E-state index is 0.566. The number of nitrogens with two attached hydrogens (primary N) is 1. The van der Waals surface area contributed by atoms with E-state index in [0.29, 0.717) is 12.0 Å². The van der Waals surface area contributed by atoms with Gasteiger partial charge < -0.3 is 11.1 Å². The first-order valence-corrected chi connectivity index (χ1v) is 6.39. The molecule has 1 aliphatic carbocycles. The molecule has 1 saturated heterocycles. The standard InChI is InChI=1S/C12H20N4/c13-12-7-11(9-3-1-4-9)15-16(12)8-10-5-2-6-14-10/h7,9-10,14H,1-6,8,13H2. The summed E-state index contributed by atoms with van der Waals surface area (Å²) in [6.45, 7) is 2.07. The van der Waals surface area contributed by atoms with Gasteiger partial charge in [-0.25, -0.2) is 4.68 Å². The highest BCUT2D eigenvalue weighted by Crippen LogP contribution is 2.36. The molecule has 3 N–H and O–H groups in total. The zero-order chi connectivity index (χ0) is 11.0. The van der Waals surface area contributed by atoms with E-state index in [1.54, 1.807) is 0 Å². The summed E-state index contributed by atoms with van der Waals surface area (Å²) in [5, 5.41) is 8.13. The van der Waals surface area contributed by atoms with Gasteiger partial charge in [-0.1, -0.05) is 6.42 Å². The predicted octanol–water partition coefficient (Wildman–Crippen LogP) is 1.48. The summed E-state index contributed by atoms with van der Waals surface area (Å²) < 4.78 is 1.98. The van der Waals surface area contributed by atoms with Crippen molar-refractivity contribution in [1.29, 1.82) is 0 Å². The van der Waals surface area contributed by atoms with E-state index in [2.05, 4.69) is 16.5 Å². The Kier molecular flexibility index (Phi) is 2.59. The Morgan fingerprint density at radius 2 is 2.25 bits per heavy atom. The molecule has 16 heavy (non-hydrogen) atoms. The van der Waals surface area contributed by atoms with Crippen molar-refractivity contribution in [2.24, 2.45) is 0 Å². The van der Waals surface area contributed by atoms with E-state index in [1.165, 1.54) is 37.8 Å². The molecule has 1 aromatic rings. The Morgan fingerprint density at radius 1 is 1.38 bits per heavy atom. The molecular weight excluding hydrogens is 200 g/mol. The third kappa shape index (κ3) is 1.82. The number of aromatic nitrogens is 2. The highest BCUT2D eigenvalue weighted by Gasteiger charge is 2.24. The van der Waals surface area contributed by atoms with Gasteiger partial charge in [0.25, 0.3) is 0 Å². The van der Waals surface area contributed by atoms with Gasteiger partial charge in [0, 0.05) is 18.0 Å². The molecule has 4 heteroatoms. The van der Waals surface area contributed by atoms with Crippen LogP contribution in [0.3, 0.4) is 0 Å². The van der Waals surface area contributed by atoms with Crippen LogP contribution < -0.4 is 11.1 Å². The lowest BCUT2D eigenvalue weighted by atomic mass is 9.83. The minimum Gasteiger partial charge on any atom is -0.384 e. The van der Waals surface area contributed by atoms with Crippen LogP contribution in [0.1, 0.15) is 43.7 Å². The molecule has 0 radical (unpaired) electrons. The maximum Gasteiger partial charge on any atom is 0.121 e. The number of anilines is 1. The first-order chi connectivity index (χ1) is 7.83. The molecule has 2 fully saturated rings. The molecule has 0 amide bonds. The highest BCUT2D eigenvalue weighted by molar-refractivity contribution is 5.33. The topological polar surface area (TPSA) is 55.9 Å². The van der Waals surface area contributed by atoms with Crippen LogP contribution in [0.15, 0.2) is 6.07 Å². The van der Waals surface area contributed by atoms with Crippen LogP contribution in [-0.2, 0) is 6.54 Å².